The minimum Gasteiger partial charge on any atom is -0.475 e. The predicted molar refractivity (Wildman–Crippen MR) is 107 cm³/mol. The molecular formula is C19H19N5O4S. The van der Waals surface area contributed by atoms with Crippen LogP contribution in [0.4, 0.5) is 5.82 Å². The Balaban J connectivity index is 1.73. The van der Waals surface area contributed by atoms with Crippen LogP contribution in [0.1, 0.15) is 24.2 Å². The highest BCUT2D eigenvalue weighted by atomic mass is 32.2. The summed E-state index contributed by atoms with van der Waals surface area (Å²) in [6.45, 7) is 3.81. The van der Waals surface area contributed by atoms with E-state index in [0.29, 0.717) is 11.6 Å². The van der Waals surface area contributed by atoms with Gasteiger partial charge < -0.3 is 10.5 Å². The molecule has 0 aromatic carbocycles. The lowest BCUT2D eigenvalue weighted by Gasteiger charge is -2.09. The Bertz CT molecular complexity index is 1110. The Labute approximate surface area is 168 Å². The van der Waals surface area contributed by atoms with Crippen LogP contribution in [0.15, 0.2) is 59.9 Å². The number of pyridine rings is 3. The number of nitrogens with one attached hydrogen (secondary N) is 1. The van der Waals surface area contributed by atoms with Gasteiger partial charge in [0.15, 0.2) is 5.03 Å². The van der Waals surface area contributed by atoms with Gasteiger partial charge in [-0.25, -0.2) is 14.7 Å². The van der Waals surface area contributed by atoms with Gasteiger partial charge in [-0.3, -0.25) is 9.78 Å². The van der Waals surface area contributed by atoms with Crippen molar-refractivity contribution in [2.24, 2.45) is 0 Å². The molecule has 0 atom stereocenters. The number of hydrogen-bond donors (Lipinski definition) is 2. The number of anilines is 1. The Morgan fingerprint density at radius 3 is 2.45 bits per heavy atom. The maximum atomic E-state index is 12.3. The summed E-state index contributed by atoms with van der Waals surface area (Å²) in [5, 5.41) is -0.342. The molecule has 3 rings (SSSR count). The van der Waals surface area contributed by atoms with Gasteiger partial charge in [-0.1, -0.05) is 6.07 Å². The number of ether oxygens (including phenoxy) is 1. The number of sulfonamides is 1. The topological polar surface area (TPSA) is 137 Å². The third kappa shape index (κ3) is 5.05. The molecule has 0 aliphatic heterocycles. The molecule has 3 aromatic rings. The molecule has 9 nitrogen and oxygen atoms in total. The Kier molecular flexibility index (Phi) is 5.74. The summed E-state index contributed by atoms with van der Waals surface area (Å²) >= 11 is 0. The van der Waals surface area contributed by atoms with Crippen LogP contribution in [0.25, 0.3) is 11.3 Å². The molecule has 0 spiro atoms. The lowest BCUT2D eigenvalue weighted by Crippen LogP contribution is -2.31. The minimum atomic E-state index is -4.15. The maximum Gasteiger partial charge on any atom is 0.281 e. The van der Waals surface area contributed by atoms with Crippen LogP contribution < -0.4 is 15.2 Å². The summed E-state index contributed by atoms with van der Waals surface area (Å²) in [4.78, 5) is 24.4. The predicted octanol–water partition coefficient (Wildman–Crippen LogP) is 2.03. The molecule has 3 heterocycles. The molecular weight excluding hydrogens is 394 g/mol. The Morgan fingerprint density at radius 2 is 1.86 bits per heavy atom. The molecule has 150 valence electrons. The summed E-state index contributed by atoms with van der Waals surface area (Å²) in [7, 11) is -4.15. The molecule has 0 fully saturated rings. The van der Waals surface area contributed by atoms with Crippen molar-refractivity contribution in [3.05, 3.63) is 60.4 Å². The van der Waals surface area contributed by atoms with Crippen molar-refractivity contribution in [2.75, 3.05) is 5.73 Å². The first-order chi connectivity index (χ1) is 13.7. The fraction of sp³-hybridized carbons (Fsp3) is 0.158. The van der Waals surface area contributed by atoms with Gasteiger partial charge in [0.1, 0.15) is 5.82 Å². The van der Waals surface area contributed by atoms with Crippen LogP contribution in [-0.4, -0.2) is 35.4 Å². The van der Waals surface area contributed by atoms with Crippen LogP contribution >= 0.6 is 0 Å². The number of carbonyl (C=O) groups excluding carboxylic acids is 1. The fourth-order valence-electron chi connectivity index (χ4n) is 2.36. The van der Waals surface area contributed by atoms with Gasteiger partial charge in [0.05, 0.1) is 17.4 Å². The zero-order chi connectivity index (χ0) is 21.0. The van der Waals surface area contributed by atoms with Crippen LogP contribution in [0.2, 0.25) is 0 Å². The van der Waals surface area contributed by atoms with Crippen molar-refractivity contribution >= 4 is 21.7 Å². The van der Waals surface area contributed by atoms with Gasteiger partial charge in [0.25, 0.3) is 15.9 Å². The number of nitrogen functional groups attached to an aromatic ring is 1. The summed E-state index contributed by atoms with van der Waals surface area (Å²) in [6.07, 6.45) is 2.91. The van der Waals surface area contributed by atoms with Crippen molar-refractivity contribution in [2.45, 2.75) is 25.0 Å². The first-order valence-electron chi connectivity index (χ1n) is 8.63. The molecule has 0 aliphatic carbocycles. The average Bonchev–Trinajstić information content (AvgIpc) is 2.68. The quantitative estimate of drug-likeness (QED) is 0.626. The van der Waals surface area contributed by atoms with E-state index >= 15 is 0 Å². The number of rotatable bonds is 6. The fourth-order valence-corrected chi connectivity index (χ4v) is 3.31. The SMILES string of the molecule is CC(C)Oc1ccc(-c2ccc(C(=O)NS(=O)(=O)c3cccc(N)n3)cn2)cn1. The van der Waals surface area contributed by atoms with Crippen molar-refractivity contribution in [1.29, 1.82) is 0 Å². The van der Waals surface area contributed by atoms with Crippen LogP contribution in [0.3, 0.4) is 0 Å². The van der Waals surface area contributed by atoms with Gasteiger partial charge in [-0.15, -0.1) is 0 Å². The molecule has 0 radical (unpaired) electrons. The van der Waals surface area contributed by atoms with E-state index in [9.17, 15) is 13.2 Å². The summed E-state index contributed by atoms with van der Waals surface area (Å²) in [5.74, 6) is -0.294. The van der Waals surface area contributed by atoms with Crippen molar-refractivity contribution < 1.29 is 17.9 Å². The Hall–Kier alpha value is -3.53. The van der Waals surface area contributed by atoms with E-state index in [1.807, 2.05) is 18.6 Å². The second-order valence-corrected chi connectivity index (χ2v) is 7.95. The van der Waals surface area contributed by atoms with Crippen LogP contribution in [0, 0.1) is 0 Å². The molecule has 0 aliphatic rings. The lowest BCUT2D eigenvalue weighted by atomic mass is 10.1. The number of amides is 1. The van der Waals surface area contributed by atoms with E-state index < -0.39 is 15.9 Å². The summed E-state index contributed by atoms with van der Waals surface area (Å²) in [6, 6.07) is 10.7. The van der Waals surface area contributed by atoms with E-state index in [4.69, 9.17) is 10.5 Å². The van der Waals surface area contributed by atoms with Crippen molar-refractivity contribution in [3.8, 4) is 17.1 Å². The monoisotopic (exact) mass is 413 g/mol. The van der Waals surface area contributed by atoms with Crippen LogP contribution in [-0.2, 0) is 10.0 Å². The molecule has 3 aromatic heterocycles. The first kappa shape index (κ1) is 20.2. The zero-order valence-corrected chi connectivity index (χ0v) is 16.6. The third-order valence-electron chi connectivity index (χ3n) is 3.66. The highest BCUT2D eigenvalue weighted by Crippen LogP contribution is 2.19. The van der Waals surface area contributed by atoms with E-state index in [-0.39, 0.29) is 22.5 Å². The van der Waals surface area contributed by atoms with E-state index in [1.165, 1.54) is 30.5 Å². The largest absolute Gasteiger partial charge is 0.475 e. The minimum absolute atomic E-state index is 0.0167. The maximum absolute atomic E-state index is 12.3. The highest BCUT2D eigenvalue weighted by molar-refractivity contribution is 7.90. The van der Waals surface area contributed by atoms with Crippen LogP contribution in [0.5, 0.6) is 5.88 Å². The van der Waals surface area contributed by atoms with Gasteiger partial charge in [-0.05, 0) is 44.2 Å². The summed E-state index contributed by atoms with van der Waals surface area (Å²) in [5.41, 5.74) is 6.87. The molecule has 0 saturated carbocycles. The van der Waals surface area contributed by atoms with E-state index in [0.717, 1.165) is 5.56 Å². The summed E-state index contributed by atoms with van der Waals surface area (Å²) < 4.78 is 32.0. The van der Waals surface area contributed by atoms with Gasteiger partial charge in [-0.2, -0.15) is 8.42 Å². The smallest absolute Gasteiger partial charge is 0.281 e. The second kappa shape index (κ2) is 8.23. The highest BCUT2D eigenvalue weighted by Gasteiger charge is 2.20. The molecule has 3 N–H and O–H groups in total. The molecule has 1 amide bonds. The number of nitrogens with two attached hydrogens (primary N) is 1. The van der Waals surface area contributed by atoms with E-state index in [2.05, 4.69) is 15.0 Å². The van der Waals surface area contributed by atoms with Gasteiger partial charge >= 0.3 is 0 Å². The lowest BCUT2D eigenvalue weighted by molar-refractivity contribution is 0.0981. The molecule has 0 unspecified atom stereocenters. The second-order valence-electron chi connectivity index (χ2n) is 6.32. The molecule has 10 heteroatoms. The standard InChI is InChI=1S/C19H19N5O4S/c1-12(2)28-17-9-7-13(10-22-17)15-8-6-14(11-21-15)19(25)24-29(26,27)18-5-3-4-16(20)23-18/h3-12H,1-2H3,(H2,20,23)(H,24,25). The van der Waals surface area contributed by atoms with Crippen molar-refractivity contribution in [3.63, 3.8) is 0 Å². The molecule has 0 bridgehead atoms. The van der Waals surface area contributed by atoms with Gasteiger partial charge in [0, 0.05) is 24.0 Å². The number of hydrogen-bond acceptors (Lipinski definition) is 8. The van der Waals surface area contributed by atoms with Gasteiger partial charge in [0.2, 0.25) is 5.88 Å². The van der Waals surface area contributed by atoms with E-state index in [1.54, 1.807) is 24.4 Å². The molecule has 29 heavy (non-hydrogen) atoms. The Morgan fingerprint density at radius 1 is 1.07 bits per heavy atom. The normalized spacial score (nSPS) is 11.3. The van der Waals surface area contributed by atoms with Crippen molar-refractivity contribution in [1.82, 2.24) is 19.7 Å². The third-order valence-corrected chi connectivity index (χ3v) is 4.89. The number of nitrogens with zero attached hydrogens (tertiary/aromatic N) is 3. The first-order valence-corrected chi connectivity index (χ1v) is 10.1. The molecule has 0 saturated heterocycles. The number of aromatic nitrogens is 3. The zero-order valence-electron chi connectivity index (χ0n) is 15.7. The number of carbonyl (C=O) groups is 1. The average molecular weight is 413 g/mol.